The molecule has 0 aromatic rings. The maximum Gasteiger partial charge on any atom is 0.256 e. The van der Waals surface area contributed by atoms with E-state index in [0.29, 0.717) is 0 Å². The average Bonchev–Trinajstić information content (AvgIpc) is 2.70. The molecule has 0 aromatic carbocycles. The molecule has 4 atom stereocenters. The molecule has 0 radical (unpaired) electrons. The number of amides is 2. The summed E-state index contributed by atoms with van der Waals surface area (Å²) in [5.41, 5.74) is -0.0347. The number of aliphatic hydroxyl groups is 3. The lowest BCUT2D eigenvalue weighted by molar-refractivity contribution is -0.124. The molecule has 2 rings (SSSR count). The van der Waals surface area contributed by atoms with Crippen LogP contribution in [0.25, 0.3) is 0 Å². The first kappa shape index (κ1) is 11.2. The van der Waals surface area contributed by atoms with Crippen LogP contribution in [0.3, 0.4) is 0 Å². The predicted molar refractivity (Wildman–Crippen MR) is 49.0 cm³/mol. The van der Waals surface area contributed by atoms with Crippen molar-refractivity contribution < 1.29 is 29.6 Å². The number of hydrogen-bond acceptors (Lipinski definition) is 6. The Morgan fingerprint density at radius 1 is 1.31 bits per heavy atom. The molecule has 0 unspecified atom stereocenters. The van der Waals surface area contributed by atoms with Crippen LogP contribution >= 0.6 is 0 Å². The van der Waals surface area contributed by atoms with Gasteiger partial charge in [0, 0.05) is 6.08 Å². The van der Waals surface area contributed by atoms with Crippen molar-refractivity contribution in [2.45, 2.75) is 24.4 Å². The van der Waals surface area contributed by atoms with Gasteiger partial charge in [0.2, 0.25) is 0 Å². The van der Waals surface area contributed by atoms with Gasteiger partial charge in [-0.15, -0.1) is 0 Å². The van der Waals surface area contributed by atoms with Crippen LogP contribution in [0.15, 0.2) is 11.6 Å². The Kier molecular flexibility index (Phi) is 2.76. The normalized spacial score (nSPS) is 38.8. The largest absolute Gasteiger partial charge is 0.394 e. The summed E-state index contributed by atoms with van der Waals surface area (Å²) in [6.07, 6.45) is -3.63. The van der Waals surface area contributed by atoms with Crippen molar-refractivity contribution in [3.05, 3.63) is 11.6 Å². The summed E-state index contributed by atoms with van der Waals surface area (Å²) in [6, 6.07) is 0. The molecule has 2 heterocycles. The zero-order valence-corrected chi connectivity index (χ0v) is 8.16. The molecule has 16 heavy (non-hydrogen) atoms. The van der Waals surface area contributed by atoms with Gasteiger partial charge >= 0.3 is 0 Å². The van der Waals surface area contributed by atoms with Crippen molar-refractivity contribution in [1.29, 1.82) is 0 Å². The van der Waals surface area contributed by atoms with E-state index >= 15 is 0 Å². The molecule has 2 amide bonds. The van der Waals surface area contributed by atoms with Gasteiger partial charge in [0.1, 0.15) is 24.4 Å². The number of carbonyl (C=O) groups is 2. The topological polar surface area (TPSA) is 116 Å². The molecule has 0 spiro atoms. The molecule has 2 aliphatic heterocycles. The Labute approximate surface area is 90.3 Å². The van der Waals surface area contributed by atoms with Crippen LogP contribution in [0.1, 0.15) is 0 Å². The number of hydrogen-bond donors (Lipinski definition) is 4. The van der Waals surface area contributed by atoms with Crippen LogP contribution in [0.5, 0.6) is 0 Å². The highest BCUT2D eigenvalue weighted by atomic mass is 16.6. The van der Waals surface area contributed by atoms with Gasteiger partial charge in [-0.05, 0) is 0 Å². The molecular formula is C9H11NO6. The van der Waals surface area contributed by atoms with Crippen LogP contribution in [0.2, 0.25) is 0 Å². The molecule has 4 N–H and O–H groups in total. The highest BCUT2D eigenvalue weighted by molar-refractivity contribution is 6.16. The van der Waals surface area contributed by atoms with Crippen molar-refractivity contribution in [2.75, 3.05) is 6.61 Å². The van der Waals surface area contributed by atoms with Crippen molar-refractivity contribution in [1.82, 2.24) is 5.32 Å². The second-order valence-corrected chi connectivity index (χ2v) is 3.68. The molecule has 0 saturated carbocycles. The van der Waals surface area contributed by atoms with Crippen LogP contribution in [0.4, 0.5) is 0 Å². The fraction of sp³-hybridized carbons (Fsp3) is 0.556. The van der Waals surface area contributed by atoms with E-state index in [9.17, 15) is 19.8 Å². The highest BCUT2D eigenvalue weighted by Crippen LogP contribution is 2.27. The van der Waals surface area contributed by atoms with Gasteiger partial charge in [0.05, 0.1) is 12.2 Å². The number of imide groups is 1. The van der Waals surface area contributed by atoms with Gasteiger partial charge in [-0.25, -0.2) is 0 Å². The maximum atomic E-state index is 11.3. The molecule has 1 fully saturated rings. The van der Waals surface area contributed by atoms with Crippen LogP contribution < -0.4 is 5.32 Å². The van der Waals surface area contributed by atoms with Crippen molar-refractivity contribution in [3.63, 3.8) is 0 Å². The quantitative estimate of drug-likeness (QED) is 0.376. The minimum absolute atomic E-state index is 0.0347. The standard InChI is InChI=1S/C9H11NO6/c11-2-4-6(13)7(14)8(16-4)3-1-5(12)10-9(3)15/h1,4,6-8,11,13-14H,2H2,(H,10,12,15)/t4-,6-,7-,8-/m1/s1. The molecule has 88 valence electrons. The third kappa shape index (κ3) is 1.63. The zero-order chi connectivity index (χ0) is 11.9. The maximum absolute atomic E-state index is 11.3. The SMILES string of the molecule is O=C1C=C([C@H]2O[C@H](CO)[C@@H](O)[C@H]2O)C(=O)N1. The molecular weight excluding hydrogens is 218 g/mol. The van der Waals surface area contributed by atoms with E-state index in [0.717, 1.165) is 6.08 Å². The Bertz CT molecular complexity index is 365. The predicted octanol–water partition coefficient (Wildman–Crippen LogP) is -2.95. The fourth-order valence-electron chi connectivity index (χ4n) is 1.79. The van der Waals surface area contributed by atoms with E-state index in [-0.39, 0.29) is 5.57 Å². The number of aliphatic hydroxyl groups excluding tert-OH is 3. The van der Waals surface area contributed by atoms with Crippen LogP contribution in [-0.2, 0) is 14.3 Å². The lowest BCUT2D eigenvalue weighted by Gasteiger charge is -2.13. The minimum atomic E-state index is -1.33. The zero-order valence-electron chi connectivity index (χ0n) is 8.16. The number of carbonyl (C=O) groups excluding carboxylic acids is 2. The summed E-state index contributed by atoms with van der Waals surface area (Å²) >= 11 is 0. The molecule has 0 aliphatic carbocycles. The third-order valence-corrected chi connectivity index (χ3v) is 2.63. The molecule has 2 aliphatic rings. The Balaban J connectivity index is 2.20. The van der Waals surface area contributed by atoms with E-state index in [2.05, 4.69) is 0 Å². The molecule has 7 heteroatoms. The first-order valence-corrected chi connectivity index (χ1v) is 4.74. The summed E-state index contributed by atoms with van der Waals surface area (Å²) in [6.45, 7) is -0.475. The second-order valence-electron chi connectivity index (χ2n) is 3.68. The average molecular weight is 229 g/mol. The van der Waals surface area contributed by atoms with Crippen molar-refractivity contribution in [2.24, 2.45) is 0 Å². The summed E-state index contributed by atoms with van der Waals surface area (Å²) in [4.78, 5) is 22.2. The first-order chi connectivity index (χ1) is 7.54. The summed E-state index contributed by atoms with van der Waals surface area (Å²) in [5, 5.41) is 29.9. The number of ether oxygens (including phenoxy) is 1. The lowest BCUT2D eigenvalue weighted by Crippen LogP contribution is -2.36. The summed E-state index contributed by atoms with van der Waals surface area (Å²) in [5.74, 6) is -1.24. The molecule has 0 aromatic heterocycles. The monoisotopic (exact) mass is 229 g/mol. The third-order valence-electron chi connectivity index (χ3n) is 2.63. The van der Waals surface area contributed by atoms with Gasteiger partial charge in [0.25, 0.3) is 11.8 Å². The number of nitrogens with one attached hydrogen (secondary N) is 1. The summed E-state index contributed by atoms with van der Waals surface area (Å²) in [7, 11) is 0. The van der Waals surface area contributed by atoms with E-state index in [1.807, 2.05) is 5.32 Å². The van der Waals surface area contributed by atoms with Crippen LogP contribution in [0, 0.1) is 0 Å². The fourth-order valence-corrected chi connectivity index (χ4v) is 1.79. The summed E-state index contributed by atoms with van der Waals surface area (Å²) < 4.78 is 5.11. The van der Waals surface area contributed by atoms with Crippen molar-refractivity contribution >= 4 is 11.8 Å². The molecule has 1 saturated heterocycles. The van der Waals surface area contributed by atoms with E-state index in [1.54, 1.807) is 0 Å². The molecule has 7 nitrogen and oxygen atoms in total. The first-order valence-electron chi connectivity index (χ1n) is 4.74. The highest BCUT2D eigenvalue weighted by Gasteiger charge is 2.46. The smallest absolute Gasteiger partial charge is 0.256 e. The van der Waals surface area contributed by atoms with Crippen molar-refractivity contribution in [3.8, 4) is 0 Å². The van der Waals surface area contributed by atoms with Crippen LogP contribution in [-0.4, -0.2) is 58.2 Å². The minimum Gasteiger partial charge on any atom is -0.394 e. The Hall–Kier alpha value is -1.28. The van der Waals surface area contributed by atoms with E-state index in [1.165, 1.54) is 0 Å². The van der Waals surface area contributed by atoms with Gasteiger partial charge in [-0.2, -0.15) is 0 Å². The second kappa shape index (κ2) is 3.95. The lowest BCUT2D eigenvalue weighted by atomic mass is 10.0. The van der Waals surface area contributed by atoms with Gasteiger partial charge in [-0.1, -0.05) is 0 Å². The van der Waals surface area contributed by atoms with E-state index in [4.69, 9.17) is 9.84 Å². The van der Waals surface area contributed by atoms with Gasteiger partial charge in [0.15, 0.2) is 0 Å². The Morgan fingerprint density at radius 2 is 2.00 bits per heavy atom. The van der Waals surface area contributed by atoms with Gasteiger partial charge < -0.3 is 20.1 Å². The molecule has 0 bridgehead atoms. The Morgan fingerprint density at radius 3 is 2.44 bits per heavy atom. The van der Waals surface area contributed by atoms with E-state index < -0.39 is 42.8 Å². The number of rotatable bonds is 2. The van der Waals surface area contributed by atoms with Gasteiger partial charge in [-0.3, -0.25) is 14.9 Å².